The SMILES string of the molecule is O=C1CCOCC1c1nc(CCOCC(F)F)no1. The average molecular weight is 276 g/mol. The van der Waals surface area contributed by atoms with E-state index in [2.05, 4.69) is 10.1 Å². The molecule has 1 aromatic heterocycles. The lowest BCUT2D eigenvalue weighted by Gasteiger charge is -2.17. The second kappa shape index (κ2) is 6.67. The minimum atomic E-state index is -2.49. The van der Waals surface area contributed by atoms with Crippen molar-refractivity contribution in [1.82, 2.24) is 10.1 Å². The molecule has 1 fully saturated rings. The molecular weight excluding hydrogens is 262 g/mol. The molecule has 1 unspecified atom stereocenters. The summed E-state index contributed by atoms with van der Waals surface area (Å²) in [6, 6.07) is 0. The van der Waals surface area contributed by atoms with Gasteiger partial charge in [-0.15, -0.1) is 0 Å². The average Bonchev–Trinajstić information content (AvgIpc) is 2.83. The number of halogens is 2. The Morgan fingerprint density at radius 1 is 1.47 bits per heavy atom. The molecule has 19 heavy (non-hydrogen) atoms. The van der Waals surface area contributed by atoms with Gasteiger partial charge >= 0.3 is 0 Å². The number of ether oxygens (including phenoxy) is 2. The molecule has 6 nitrogen and oxygen atoms in total. The van der Waals surface area contributed by atoms with Crippen LogP contribution in [0.15, 0.2) is 4.52 Å². The summed E-state index contributed by atoms with van der Waals surface area (Å²) in [4.78, 5) is 15.7. The van der Waals surface area contributed by atoms with Crippen molar-refractivity contribution in [3.05, 3.63) is 11.7 Å². The standard InChI is InChI=1S/C11H14F2N2O4/c12-9(13)6-18-4-2-10-14-11(19-15-10)7-5-17-3-1-8(7)16/h7,9H,1-6H2. The van der Waals surface area contributed by atoms with Crippen molar-refractivity contribution in [2.45, 2.75) is 25.2 Å². The number of rotatable bonds is 6. The molecule has 1 saturated heterocycles. The van der Waals surface area contributed by atoms with Gasteiger partial charge < -0.3 is 14.0 Å². The number of Topliss-reactive ketones (excluding diaryl/α,β-unsaturated/α-hetero) is 1. The molecule has 0 aromatic carbocycles. The molecule has 2 rings (SSSR count). The molecule has 0 N–H and O–H groups in total. The number of carbonyl (C=O) groups is 1. The van der Waals surface area contributed by atoms with Gasteiger partial charge in [-0.05, 0) is 0 Å². The molecule has 1 aliphatic heterocycles. The van der Waals surface area contributed by atoms with E-state index in [0.29, 0.717) is 18.9 Å². The van der Waals surface area contributed by atoms with Crippen molar-refractivity contribution in [3.63, 3.8) is 0 Å². The van der Waals surface area contributed by atoms with Gasteiger partial charge in [-0.25, -0.2) is 8.78 Å². The molecule has 0 amide bonds. The molecule has 1 aromatic rings. The molecule has 1 atom stereocenters. The van der Waals surface area contributed by atoms with Crippen LogP contribution in [0, 0.1) is 0 Å². The zero-order chi connectivity index (χ0) is 13.7. The van der Waals surface area contributed by atoms with E-state index >= 15 is 0 Å². The van der Waals surface area contributed by atoms with Gasteiger partial charge in [-0.3, -0.25) is 4.79 Å². The number of alkyl halides is 2. The third-order valence-corrected chi connectivity index (χ3v) is 2.66. The molecule has 8 heteroatoms. The van der Waals surface area contributed by atoms with E-state index in [1.807, 2.05) is 0 Å². The molecule has 0 radical (unpaired) electrons. The van der Waals surface area contributed by atoms with E-state index in [-0.39, 0.29) is 31.3 Å². The normalized spacial score (nSPS) is 20.2. The summed E-state index contributed by atoms with van der Waals surface area (Å²) < 4.78 is 38.5. The molecule has 2 heterocycles. The van der Waals surface area contributed by atoms with Crippen LogP contribution < -0.4 is 0 Å². The minimum absolute atomic E-state index is 0.00963. The van der Waals surface area contributed by atoms with Crippen molar-refractivity contribution in [2.75, 3.05) is 26.4 Å². The monoisotopic (exact) mass is 276 g/mol. The lowest BCUT2D eigenvalue weighted by molar-refractivity contribution is -0.127. The Morgan fingerprint density at radius 3 is 3.05 bits per heavy atom. The van der Waals surface area contributed by atoms with Crippen LogP contribution in [0.2, 0.25) is 0 Å². The lowest BCUT2D eigenvalue weighted by Crippen LogP contribution is -2.25. The zero-order valence-electron chi connectivity index (χ0n) is 10.2. The molecule has 0 saturated carbocycles. The van der Waals surface area contributed by atoms with Crippen LogP contribution in [0.3, 0.4) is 0 Å². The highest BCUT2D eigenvalue weighted by molar-refractivity contribution is 5.85. The molecule has 0 aliphatic carbocycles. The van der Waals surface area contributed by atoms with Crippen LogP contribution in [0.25, 0.3) is 0 Å². The Balaban J connectivity index is 1.83. The number of hydrogen-bond acceptors (Lipinski definition) is 6. The summed E-state index contributed by atoms with van der Waals surface area (Å²) in [5.74, 6) is 0.0450. The van der Waals surface area contributed by atoms with Gasteiger partial charge in [0, 0.05) is 12.8 Å². The van der Waals surface area contributed by atoms with Crippen LogP contribution in [-0.2, 0) is 20.7 Å². The maximum absolute atomic E-state index is 11.8. The summed E-state index contributed by atoms with van der Waals surface area (Å²) in [5.41, 5.74) is 0. The summed E-state index contributed by atoms with van der Waals surface area (Å²) in [7, 11) is 0. The quantitative estimate of drug-likeness (QED) is 0.721. The van der Waals surface area contributed by atoms with Gasteiger partial charge in [0.1, 0.15) is 18.3 Å². The van der Waals surface area contributed by atoms with Crippen molar-refractivity contribution in [1.29, 1.82) is 0 Å². The van der Waals surface area contributed by atoms with Gasteiger partial charge in [0.25, 0.3) is 6.43 Å². The van der Waals surface area contributed by atoms with Crippen LogP contribution in [0.1, 0.15) is 24.1 Å². The predicted molar refractivity (Wildman–Crippen MR) is 58.0 cm³/mol. The van der Waals surface area contributed by atoms with Gasteiger partial charge in [-0.1, -0.05) is 5.16 Å². The maximum Gasteiger partial charge on any atom is 0.261 e. The largest absolute Gasteiger partial charge is 0.380 e. The highest BCUT2D eigenvalue weighted by Gasteiger charge is 2.29. The fourth-order valence-corrected chi connectivity index (χ4v) is 1.70. The Labute approximate surface area is 108 Å². The minimum Gasteiger partial charge on any atom is -0.380 e. The molecule has 1 aliphatic rings. The first-order valence-corrected chi connectivity index (χ1v) is 5.95. The predicted octanol–water partition coefficient (Wildman–Crippen LogP) is 0.967. The highest BCUT2D eigenvalue weighted by atomic mass is 19.3. The Kier molecular flexibility index (Phi) is 4.92. The smallest absolute Gasteiger partial charge is 0.261 e. The van der Waals surface area contributed by atoms with Crippen LogP contribution in [0.5, 0.6) is 0 Å². The van der Waals surface area contributed by atoms with E-state index in [0.717, 1.165) is 0 Å². The highest BCUT2D eigenvalue weighted by Crippen LogP contribution is 2.20. The third-order valence-electron chi connectivity index (χ3n) is 2.66. The first-order chi connectivity index (χ1) is 9.16. The van der Waals surface area contributed by atoms with E-state index in [9.17, 15) is 13.6 Å². The Hall–Kier alpha value is -1.41. The summed E-state index contributed by atoms with van der Waals surface area (Å²) in [6.07, 6.45) is -1.89. The topological polar surface area (TPSA) is 74.5 Å². The number of aromatic nitrogens is 2. The molecule has 106 valence electrons. The van der Waals surface area contributed by atoms with Crippen LogP contribution in [0.4, 0.5) is 8.78 Å². The fraction of sp³-hybridized carbons (Fsp3) is 0.727. The Morgan fingerprint density at radius 2 is 2.32 bits per heavy atom. The van der Waals surface area contributed by atoms with Crippen molar-refractivity contribution >= 4 is 5.78 Å². The summed E-state index contributed by atoms with van der Waals surface area (Å²) in [6.45, 7) is 0.123. The molecule has 0 bridgehead atoms. The Bertz CT molecular complexity index is 425. The maximum atomic E-state index is 11.8. The first kappa shape index (κ1) is 14.0. The number of ketones is 1. The van der Waals surface area contributed by atoms with Crippen LogP contribution in [-0.4, -0.2) is 48.8 Å². The van der Waals surface area contributed by atoms with E-state index in [1.54, 1.807) is 0 Å². The van der Waals surface area contributed by atoms with E-state index < -0.39 is 19.0 Å². The summed E-state index contributed by atoms with van der Waals surface area (Å²) >= 11 is 0. The van der Waals surface area contributed by atoms with E-state index in [1.165, 1.54) is 0 Å². The van der Waals surface area contributed by atoms with Gasteiger partial charge in [0.05, 0.1) is 19.8 Å². The zero-order valence-corrected chi connectivity index (χ0v) is 10.2. The van der Waals surface area contributed by atoms with E-state index in [4.69, 9.17) is 14.0 Å². The van der Waals surface area contributed by atoms with Crippen molar-refractivity contribution in [3.8, 4) is 0 Å². The second-order valence-corrected chi connectivity index (χ2v) is 4.11. The van der Waals surface area contributed by atoms with Crippen molar-refractivity contribution in [2.24, 2.45) is 0 Å². The van der Waals surface area contributed by atoms with Gasteiger partial charge in [0.15, 0.2) is 5.82 Å². The summed E-state index contributed by atoms with van der Waals surface area (Å²) in [5, 5.41) is 3.68. The number of hydrogen-bond donors (Lipinski definition) is 0. The van der Waals surface area contributed by atoms with Crippen LogP contribution >= 0.6 is 0 Å². The molecular formula is C11H14F2N2O4. The first-order valence-electron chi connectivity index (χ1n) is 5.95. The number of nitrogens with zero attached hydrogens (tertiary/aromatic N) is 2. The third kappa shape index (κ3) is 4.03. The fourth-order valence-electron chi connectivity index (χ4n) is 1.70. The second-order valence-electron chi connectivity index (χ2n) is 4.11. The van der Waals surface area contributed by atoms with Gasteiger partial charge in [-0.2, -0.15) is 4.98 Å². The molecule has 0 spiro atoms. The number of carbonyl (C=O) groups excluding carboxylic acids is 1. The lowest BCUT2D eigenvalue weighted by atomic mass is 10.0. The van der Waals surface area contributed by atoms with Crippen molar-refractivity contribution < 1.29 is 27.6 Å². The van der Waals surface area contributed by atoms with Gasteiger partial charge in [0.2, 0.25) is 5.89 Å².